The van der Waals surface area contributed by atoms with Crippen molar-refractivity contribution in [2.24, 2.45) is 5.92 Å². The van der Waals surface area contributed by atoms with Crippen molar-refractivity contribution in [2.45, 2.75) is 19.4 Å². The molecule has 5 nitrogen and oxygen atoms in total. The molecule has 1 amide bonds. The summed E-state index contributed by atoms with van der Waals surface area (Å²) in [6.07, 6.45) is 1.42. The van der Waals surface area contributed by atoms with E-state index >= 15 is 0 Å². The molecule has 0 aliphatic carbocycles. The minimum absolute atomic E-state index is 0.0388. The van der Waals surface area contributed by atoms with E-state index in [9.17, 15) is 14.0 Å². The zero-order chi connectivity index (χ0) is 20.1. The third-order valence-corrected chi connectivity index (χ3v) is 5.18. The van der Waals surface area contributed by atoms with E-state index in [1.165, 1.54) is 13.2 Å². The number of esters is 1. The van der Waals surface area contributed by atoms with Crippen LogP contribution in [0.2, 0.25) is 5.02 Å². The van der Waals surface area contributed by atoms with Crippen molar-refractivity contribution >= 4 is 29.2 Å². The van der Waals surface area contributed by atoms with Gasteiger partial charge in [0.15, 0.2) is 0 Å². The molecule has 1 fully saturated rings. The maximum atomic E-state index is 13.9. The van der Waals surface area contributed by atoms with Crippen LogP contribution < -0.4 is 5.32 Å². The molecule has 3 rings (SSSR count). The summed E-state index contributed by atoms with van der Waals surface area (Å²) >= 11 is 5.79. The standard InChI is InChI=1S/C21H22ClFN2O3/c1-28-21(27)15-3-6-18(7-4-15)24-20(26)14-8-10-25(11-9-14)13-16-2-5-17(22)12-19(16)23/h2-7,12,14H,8-11,13H2,1H3,(H,24,26). The number of benzene rings is 2. The summed E-state index contributed by atoms with van der Waals surface area (Å²) in [5.74, 6) is -0.847. The first-order valence-corrected chi connectivity index (χ1v) is 9.49. The second-order valence-electron chi connectivity index (χ2n) is 6.84. The van der Waals surface area contributed by atoms with Gasteiger partial charge in [-0.15, -0.1) is 0 Å². The number of hydrogen-bond acceptors (Lipinski definition) is 4. The monoisotopic (exact) mass is 404 g/mol. The first kappa shape index (κ1) is 20.3. The third kappa shape index (κ3) is 5.09. The molecule has 148 valence electrons. The van der Waals surface area contributed by atoms with Crippen LogP contribution in [0, 0.1) is 11.7 Å². The summed E-state index contributed by atoms with van der Waals surface area (Å²) in [6.45, 7) is 1.95. The highest BCUT2D eigenvalue weighted by Crippen LogP contribution is 2.23. The molecule has 2 aromatic rings. The van der Waals surface area contributed by atoms with Gasteiger partial charge in [0.25, 0.3) is 0 Å². The van der Waals surface area contributed by atoms with Gasteiger partial charge >= 0.3 is 5.97 Å². The van der Waals surface area contributed by atoms with Gasteiger partial charge in [-0.05, 0) is 62.3 Å². The van der Waals surface area contributed by atoms with Crippen LogP contribution in [0.15, 0.2) is 42.5 Å². The van der Waals surface area contributed by atoms with Crippen molar-refractivity contribution < 1.29 is 18.7 Å². The van der Waals surface area contributed by atoms with Crippen molar-refractivity contribution in [1.82, 2.24) is 4.90 Å². The number of carbonyl (C=O) groups excluding carboxylic acids is 2. The minimum atomic E-state index is -0.414. The van der Waals surface area contributed by atoms with Gasteiger partial charge in [0.2, 0.25) is 5.91 Å². The minimum Gasteiger partial charge on any atom is -0.465 e. The van der Waals surface area contributed by atoms with Gasteiger partial charge in [0.1, 0.15) is 5.82 Å². The maximum absolute atomic E-state index is 13.9. The number of rotatable bonds is 5. The molecule has 1 aliphatic rings. The topological polar surface area (TPSA) is 58.6 Å². The third-order valence-electron chi connectivity index (χ3n) is 4.94. The number of anilines is 1. The van der Waals surface area contributed by atoms with Crippen LogP contribution in [0.3, 0.4) is 0 Å². The van der Waals surface area contributed by atoms with E-state index in [0.717, 1.165) is 13.1 Å². The molecule has 0 unspecified atom stereocenters. The Morgan fingerprint density at radius 2 is 1.86 bits per heavy atom. The number of carbonyl (C=O) groups is 2. The maximum Gasteiger partial charge on any atom is 0.337 e. The van der Waals surface area contributed by atoms with Crippen molar-refractivity contribution in [3.63, 3.8) is 0 Å². The molecule has 7 heteroatoms. The number of nitrogens with zero attached hydrogens (tertiary/aromatic N) is 1. The number of halogens is 2. The predicted molar refractivity (Wildman–Crippen MR) is 106 cm³/mol. The predicted octanol–water partition coefficient (Wildman–Crippen LogP) is 4.12. The summed E-state index contributed by atoms with van der Waals surface area (Å²) in [5, 5.41) is 3.28. The zero-order valence-corrected chi connectivity index (χ0v) is 16.3. The molecule has 1 N–H and O–H groups in total. The molecular formula is C21H22ClFN2O3. The first-order valence-electron chi connectivity index (χ1n) is 9.12. The lowest BCUT2D eigenvalue weighted by Gasteiger charge is -2.31. The van der Waals surface area contributed by atoms with Crippen LogP contribution in [-0.2, 0) is 16.1 Å². The molecule has 28 heavy (non-hydrogen) atoms. The average molecular weight is 405 g/mol. The molecule has 0 saturated carbocycles. The SMILES string of the molecule is COC(=O)c1ccc(NC(=O)C2CCN(Cc3ccc(Cl)cc3F)CC2)cc1. The number of likely N-dealkylation sites (tertiary alicyclic amines) is 1. The fourth-order valence-corrected chi connectivity index (χ4v) is 3.45. The van der Waals surface area contributed by atoms with E-state index in [4.69, 9.17) is 11.6 Å². The fraction of sp³-hybridized carbons (Fsp3) is 0.333. The number of piperidine rings is 1. The van der Waals surface area contributed by atoms with Crippen molar-refractivity contribution in [2.75, 3.05) is 25.5 Å². The van der Waals surface area contributed by atoms with Crippen LogP contribution in [0.25, 0.3) is 0 Å². The Kier molecular flexibility index (Phi) is 6.65. The summed E-state index contributed by atoms with van der Waals surface area (Å²) in [7, 11) is 1.33. The zero-order valence-electron chi connectivity index (χ0n) is 15.6. The summed E-state index contributed by atoms with van der Waals surface area (Å²) in [6, 6.07) is 11.3. The molecule has 0 atom stereocenters. The molecule has 0 bridgehead atoms. The van der Waals surface area contributed by atoms with Crippen LogP contribution in [-0.4, -0.2) is 37.0 Å². The van der Waals surface area contributed by atoms with Gasteiger partial charge in [0, 0.05) is 28.7 Å². The van der Waals surface area contributed by atoms with Crippen molar-refractivity contribution in [3.05, 3.63) is 64.4 Å². The largest absolute Gasteiger partial charge is 0.465 e. The van der Waals surface area contributed by atoms with Gasteiger partial charge in [-0.2, -0.15) is 0 Å². The Labute approximate surface area is 168 Å². The second kappa shape index (κ2) is 9.17. The number of amides is 1. The smallest absolute Gasteiger partial charge is 0.337 e. The molecular weight excluding hydrogens is 383 g/mol. The van der Waals surface area contributed by atoms with E-state index in [-0.39, 0.29) is 17.6 Å². The van der Waals surface area contributed by atoms with E-state index in [0.29, 0.717) is 41.2 Å². The number of methoxy groups -OCH3 is 1. The summed E-state index contributed by atoms with van der Waals surface area (Å²) in [4.78, 5) is 26.1. The van der Waals surface area contributed by atoms with Crippen LogP contribution >= 0.6 is 11.6 Å². The number of nitrogens with one attached hydrogen (secondary N) is 1. The lowest BCUT2D eigenvalue weighted by atomic mass is 9.95. The molecule has 1 heterocycles. The van der Waals surface area contributed by atoms with Gasteiger partial charge in [-0.3, -0.25) is 9.69 Å². The van der Waals surface area contributed by atoms with Crippen molar-refractivity contribution in [1.29, 1.82) is 0 Å². The molecule has 0 aromatic heterocycles. The Hall–Kier alpha value is -2.44. The Morgan fingerprint density at radius 3 is 2.46 bits per heavy atom. The van der Waals surface area contributed by atoms with E-state index in [2.05, 4.69) is 15.0 Å². The Morgan fingerprint density at radius 1 is 1.18 bits per heavy atom. The highest BCUT2D eigenvalue weighted by Gasteiger charge is 2.25. The van der Waals surface area contributed by atoms with Crippen molar-refractivity contribution in [3.8, 4) is 0 Å². The summed E-state index contributed by atoms with van der Waals surface area (Å²) < 4.78 is 18.6. The Balaban J connectivity index is 1.50. The summed E-state index contributed by atoms with van der Waals surface area (Å²) in [5.41, 5.74) is 1.68. The van der Waals surface area contributed by atoms with E-state index in [1.54, 1.807) is 36.4 Å². The molecule has 1 saturated heterocycles. The van der Waals surface area contributed by atoms with Crippen LogP contribution in [0.5, 0.6) is 0 Å². The van der Waals surface area contributed by atoms with Gasteiger partial charge in [-0.25, -0.2) is 9.18 Å². The average Bonchev–Trinajstić information content (AvgIpc) is 2.70. The fourth-order valence-electron chi connectivity index (χ4n) is 3.30. The molecule has 0 spiro atoms. The molecule has 2 aromatic carbocycles. The first-order chi connectivity index (χ1) is 13.5. The highest BCUT2D eigenvalue weighted by molar-refractivity contribution is 6.30. The highest BCUT2D eigenvalue weighted by atomic mass is 35.5. The van der Waals surface area contributed by atoms with E-state index < -0.39 is 5.97 Å². The quantitative estimate of drug-likeness (QED) is 0.762. The van der Waals surface area contributed by atoms with Crippen LogP contribution in [0.4, 0.5) is 10.1 Å². The van der Waals surface area contributed by atoms with Gasteiger partial charge < -0.3 is 10.1 Å². The second-order valence-corrected chi connectivity index (χ2v) is 7.28. The van der Waals surface area contributed by atoms with E-state index in [1.807, 2.05) is 0 Å². The molecule has 0 radical (unpaired) electrons. The van der Waals surface area contributed by atoms with Gasteiger partial charge in [-0.1, -0.05) is 17.7 Å². The molecule has 1 aliphatic heterocycles. The number of ether oxygens (including phenoxy) is 1. The number of hydrogen-bond donors (Lipinski definition) is 1. The Bertz CT molecular complexity index is 849. The lowest BCUT2D eigenvalue weighted by Crippen LogP contribution is -2.37. The van der Waals surface area contributed by atoms with Crippen LogP contribution in [0.1, 0.15) is 28.8 Å². The normalized spacial score (nSPS) is 15.2. The lowest BCUT2D eigenvalue weighted by molar-refractivity contribution is -0.121. The van der Waals surface area contributed by atoms with Gasteiger partial charge in [0.05, 0.1) is 12.7 Å².